The summed E-state index contributed by atoms with van der Waals surface area (Å²) >= 11 is 0. The molecule has 0 aliphatic carbocycles. The molecule has 100 valence electrons. The Labute approximate surface area is 103 Å². The van der Waals surface area contributed by atoms with Crippen LogP contribution in [-0.2, 0) is 14.6 Å². The Kier molecular flexibility index (Phi) is 5.91. The molecule has 1 amide bonds. The van der Waals surface area contributed by atoms with Gasteiger partial charge in [0.05, 0.1) is 11.5 Å². The van der Waals surface area contributed by atoms with Crippen molar-refractivity contribution in [1.82, 2.24) is 10.6 Å². The van der Waals surface area contributed by atoms with Crippen molar-refractivity contribution in [3.05, 3.63) is 0 Å². The molecule has 1 aliphatic heterocycles. The number of rotatable bonds is 7. The van der Waals surface area contributed by atoms with Crippen LogP contribution in [0.5, 0.6) is 0 Å². The van der Waals surface area contributed by atoms with Crippen LogP contribution in [0.3, 0.4) is 0 Å². The first kappa shape index (κ1) is 14.4. The molecule has 6 heteroatoms. The number of hydrogen-bond donors (Lipinski definition) is 2. The second kappa shape index (κ2) is 6.96. The van der Waals surface area contributed by atoms with Crippen molar-refractivity contribution in [2.75, 3.05) is 31.1 Å². The molecule has 0 aromatic carbocycles. The van der Waals surface area contributed by atoms with Crippen molar-refractivity contribution in [2.45, 2.75) is 26.2 Å². The molecule has 1 atom stereocenters. The van der Waals surface area contributed by atoms with Crippen LogP contribution in [0.4, 0.5) is 0 Å². The lowest BCUT2D eigenvalue weighted by Gasteiger charge is -2.09. The van der Waals surface area contributed by atoms with Crippen LogP contribution < -0.4 is 10.6 Å². The molecule has 1 saturated heterocycles. The second-order valence-corrected chi connectivity index (χ2v) is 6.80. The summed E-state index contributed by atoms with van der Waals surface area (Å²) in [6.45, 7) is 4.42. The molecule has 0 radical (unpaired) electrons. The van der Waals surface area contributed by atoms with Crippen molar-refractivity contribution in [2.24, 2.45) is 5.92 Å². The van der Waals surface area contributed by atoms with Gasteiger partial charge in [-0.05, 0) is 25.3 Å². The van der Waals surface area contributed by atoms with E-state index in [0.717, 1.165) is 19.5 Å². The normalized spacial score (nSPS) is 22.5. The van der Waals surface area contributed by atoms with Crippen LogP contribution in [0.2, 0.25) is 0 Å². The Balaban J connectivity index is 2.09. The minimum atomic E-state index is -2.87. The fourth-order valence-corrected chi connectivity index (χ4v) is 3.82. The van der Waals surface area contributed by atoms with Crippen LogP contribution in [0.25, 0.3) is 0 Å². The highest BCUT2D eigenvalue weighted by Gasteiger charge is 2.29. The molecular weight excluding hydrogens is 240 g/mol. The second-order valence-electron chi connectivity index (χ2n) is 4.57. The number of hydrogen-bond acceptors (Lipinski definition) is 4. The first-order valence-electron chi connectivity index (χ1n) is 6.21. The van der Waals surface area contributed by atoms with Gasteiger partial charge in [-0.1, -0.05) is 6.92 Å². The maximum Gasteiger partial charge on any atom is 0.220 e. The fourth-order valence-electron chi connectivity index (χ4n) is 1.96. The summed E-state index contributed by atoms with van der Waals surface area (Å²) in [5, 5.41) is 5.99. The van der Waals surface area contributed by atoms with Gasteiger partial charge < -0.3 is 10.6 Å². The zero-order chi connectivity index (χ0) is 12.7. The standard InChI is InChI=1S/C11H22N2O3S/c1-2-4-12-5-6-13-11(14)8-10-3-7-17(15,16)9-10/h10,12H,2-9H2,1H3,(H,13,14). The Morgan fingerprint density at radius 3 is 2.65 bits per heavy atom. The number of nitrogens with one attached hydrogen (secondary N) is 2. The van der Waals surface area contributed by atoms with Gasteiger partial charge in [-0.2, -0.15) is 0 Å². The summed E-state index contributed by atoms with van der Waals surface area (Å²) in [6.07, 6.45) is 2.05. The van der Waals surface area contributed by atoms with Crippen LogP contribution in [-0.4, -0.2) is 45.5 Å². The molecule has 0 bridgehead atoms. The topological polar surface area (TPSA) is 75.3 Å². The van der Waals surface area contributed by atoms with Crippen LogP contribution in [0.1, 0.15) is 26.2 Å². The van der Waals surface area contributed by atoms with Gasteiger partial charge in [0.25, 0.3) is 0 Å². The predicted octanol–water partition coefficient (Wildman–Crippen LogP) is -0.0730. The molecule has 1 heterocycles. The number of sulfone groups is 1. The summed E-state index contributed by atoms with van der Waals surface area (Å²) in [5.74, 6) is 0.395. The van der Waals surface area contributed by atoms with Crippen molar-refractivity contribution in [3.8, 4) is 0 Å². The minimum absolute atomic E-state index is 0.0172. The Bertz CT molecular complexity index is 341. The highest BCUT2D eigenvalue weighted by molar-refractivity contribution is 7.91. The van der Waals surface area contributed by atoms with Crippen LogP contribution in [0.15, 0.2) is 0 Å². The smallest absolute Gasteiger partial charge is 0.220 e. The summed E-state index contributed by atoms with van der Waals surface area (Å²) < 4.78 is 22.4. The van der Waals surface area contributed by atoms with E-state index >= 15 is 0 Å². The monoisotopic (exact) mass is 262 g/mol. The van der Waals surface area contributed by atoms with Gasteiger partial charge >= 0.3 is 0 Å². The lowest BCUT2D eigenvalue weighted by molar-refractivity contribution is -0.121. The maximum atomic E-state index is 11.5. The molecule has 1 fully saturated rings. The zero-order valence-corrected chi connectivity index (χ0v) is 11.2. The molecule has 0 saturated carbocycles. The van der Waals surface area contributed by atoms with E-state index in [0.29, 0.717) is 19.4 Å². The van der Waals surface area contributed by atoms with Crippen molar-refractivity contribution in [3.63, 3.8) is 0 Å². The number of amides is 1. The van der Waals surface area contributed by atoms with Gasteiger partial charge in [-0.3, -0.25) is 4.79 Å². The van der Waals surface area contributed by atoms with Crippen LogP contribution in [0, 0.1) is 5.92 Å². The van der Waals surface area contributed by atoms with Crippen molar-refractivity contribution < 1.29 is 13.2 Å². The van der Waals surface area contributed by atoms with Crippen LogP contribution >= 0.6 is 0 Å². The average molecular weight is 262 g/mol. The lowest BCUT2D eigenvalue weighted by Crippen LogP contribution is -2.33. The molecular formula is C11H22N2O3S. The first-order valence-corrected chi connectivity index (χ1v) is 8.03. The lowest BCUT2D eigenvalue weighted by atomic mass is 10.1. The van der Waals surface area contributed by atoms with E-state index in [2.05, 4.69) is 17.6 Å². The third-order valence-electron chi connectivity index (χ3n) is 2.85. The highest BCUT2D eigenvalue weighted by Crippen LogP contribution is 2.21. The summed E-state index contributed by atoms with van der Waals surface area (Å²) in [5.41, 5.74) is 0. The van der Waals surface area contributed by atoms with Crippen molar-refractivity contribution in [1.29, 1.82) is 0 Å². The van der Waals surface area contributed by atoms with Gasteiger partial charge in [0.2, 0.25) is 5.91 Å². The van der Waals surface area contributed by atoms with Gasteiger partial charge in [0.1, 0.15) is 0 Å². The quantitative estimate of drug-likeness (QED) is 0.630. The molecule has 0 spiro atoms. The van der Waals surface area contributed by atoms with Gasteiger partial charge in [-0.25, -0.2) is 8.42 Å². The molecule has 1 aliphatic rings. The summed E-state index contributed by atoms with van der Waals surface area (Å²) in [4.78, 5) is 11.5. The Morgan fingerprint density at radius 1 is 1.29 bits per heavy atom. The van der Waals surface area contributed by atoms with E-state index in [1.165, 1.54) is 0 Å². The molecule has 2 N–H and O–H groups in total. The number of carbonyl (C=O) groups is 1. The average Bonchev–Trinajstić information content (AvgIpc) is 2.57. The number of carbonyl (C=O) groups excluding carboxylic acids is 1. The predicted molar refractivity (Wildman–Crippen MR) is 67.5 cm³/mol. The molecule has 5 nitrogen and oxygen atoms in total. The SMILES string of the molecule is CCCNCCNC(=O)CC1CCS(=O)(=O)C1. The van der Waals surface area contributed by atoms with Gasteiger partial charge in [-0.15, -0.1) is 0 Å². The maximum absolute atomic E-state index is 11.5. The van der Waals surface area contributed by atoms with Gasteiger partial charge in [0.15, 0.2) is 9.84 Å². The molecule has 0 aromatic rings. The van der Waals surface area contributed by atoms with Gasteiger partial charge in [0, 0.05) is 19.5 Å². The first-order chi connectivity index (χ1) is 8.03. The molecule has 17 heavy (non-hydrogen) atoms. The van der Waals surface area contributed by atoms with Crippen molar-refractivity contribution >= 4 is 15.7 Å². The summed E-state index contributed by atoms with van der Waals surface area (Å²) in [7, 11) is -2.87. The highest BCUT2D eigenvalue weighted by atomic mass is 32.2. The minimum Gasteiger partial charge on any atom is -0.355 e. The third-order valence-corrected chi connectivity index (χ3v) is 4.69. The summed E-state index contributed by atoms with van der Waals surface area (Å²) in [6, 6.07) is 0. The molecule has 1 unspecified atom stereocenters. The van der Waals surface area contributed by atoms with E-state index in [-0.39, 0.29) is 23.3 Å². The fraction of sp³-hybridized carbons (Fsp3) is 0.909. The Morgan fingerprint density at radius 2 is 2.06 bits per heavy atom. The third kappa shape index (κ3) is 6.02. The Hall–Kier alpha value is -0.620. The van der Waals surface area contributed by atoms with E-state index in [1.807, 2.05) is 0 Å². The van der Waals surface area contributed by atoms with E-state index in [9.17, 15) is 13.2 Å². The van der Waals surface area contributed by atoms with E-state index in [1.54, 1.807) is 0 Å². The zero-order valence-electron chi connectivity index (χ0n) is 10.4. The largest absolute Gasteiger partial charge is 0.355 e. The van der Waals surface area contributed by atoms with E-state index in [4.69, 9.17) is 0 Å². The van der Waals surface area contributed by atoms with E-state index < -0.39 is 9.84 Å². The molecule has 0 aromatic heterocycles. The molecule has 1 rings (SSSR count).